The molecule has 0 aliphatic carbocycles. The number of nitrogens with zero attached hydrogens (tertiary/aromatic N) is 1. The van der Waals surface area contributed by atoms with Crippen LogP contribution in [0.25, 0.3) is 0 Å². The molecule has 26 heavy (non-hydrogen) atoms. The first-order valence-corrected chi connectivity index (χ1v) is 8.42. The largest absolute Gasteiger partial charge is 0.436 e. The van der Waals surface area contributed by atoms with E-state index in [1.54, 1.807) is 24.3 Å². The van der Waals surface area contributed by atoms with Gasteiger partial charge < -0.3 is 15.4 Å². The molecule has 0 spiro atoms. The Hall–Kier alpha value is -2.96. The molecule has 0 fully saturated rings. The molecule has 1 heterocycles. The van der Waals surface area contributed by atoms with Crippen LogP contribution in [-0.2, 0) is 16.1 Å². The van der Waals surface area contributed by atoms with E-state index in [1.807, 2.05) is 6.92 Å². The molecular weight excluding hydrogens is 337 g/mol. The maximum Gasteiger partial charge on any atom is 0.242 e. The van der Waals surface area contributed by atoms with Crippen molar-refractivity contribution < 1.29 is 18.7 Å². The number of para-hydroxylation sites is 1. The second-order valence-electron chi connectivity index (χ2n) is 5.76. The number of carbonyl (C=O) groups is 2. The predicted molar refractivity (Wildman–Crippen MR) is 95.1 cm³/mol. The van der Waals surface area contributed by atoms with E-state index in [0.717, 1.165) is 6.42 Å². The summed E-state index contributed by atoms with van der Waals surface area (Å²) in [6.45, 7) is 3.46. The molecule has 2 aromatic rings. The molecule has 0 unspecified atom stereocenters. The van der Waals surface area contributed by atoms with E-state index in [9.17, 15) is 14.0 Å². The molecule has 1 aromatic carbocycles. The summed E-state index contributed by atoms with van der Waals surface area (Å²) in [6.07, 6.45) is 2.82. The van der Waals surface area contributed by atoms with Crippen molar-refractivity contribution in [2.45, 2.75) is 39.3 Å². The van der Waals surface area contributed by atoms with Crippen LogP contribution >= 0.6 is 0 Å². The Morgan fingerprint density at radius 3 is 2.69 bits per heavy atom. The number of halogens is 1. The van der Waals surface area contributed by atoms with E-state index in [1.165, 1.54) is 25.3 Å². The van der Waals surface area contributed by atoms with Crippen molar-refractivity contribution >= 4 is 11.8 Å². The van der Waals surface area contributed by atoms with Gasteiger partial charge in [0, 0.05) is 25.2 Å². The molecule has 0 aliphatic heterocycles. The predicted octanol–water partition coefficient (Wildman–Crippen LogP) is 2.93. The highest BCUT2D eigenvalue weighted by Gasteiger charge is 2.19. The summed E-state index contributed by atoms with van der Waals surface area (Å²) >= 11 is 0. The van der Waals surface area contributed by atoms with Gasteiger partial charge in [-0.05, 0) is 24.6 Å². The van der Waals surface area contributed by atoms with Crippen LogP contribution in [0.2, 0.25) is 0 Å². The van der Waals surface area contributed by atoms with Gasteiger partial charge in [-0.1, -0.05) is 31.5 Å². The number of pyridine rings is 1. The number of amides is 2. The maximum atomic E-state index is 13.8. The number of hydrogen-bond donors (Lipinski definition) is 2. The number of benzene rings is 1. The average molecular weight is 359 g/mol. The monoisotopic (exact) mass is 359 g/mol. The molecule has 0 radical (unpaired) electrons. The lowest BCUT2D eigenvalue weighted by atomic mass is 10.1. The summed E-state index contributed by atoms with van der Waals surface area (Å²) in [7, 11) is 0. The lowest BCUT2D eigenvalue weighted by molar-refractivity contribution is -0.128. The number of aromatic nitrogens is 1. The molecule has 1 aromatic heterocycles. The molecule has 1 atom stereocenters. The highest BCUT2D eigenvalue weighted by atomic mass is 19.1. The highest BCUT2D eigenvalue weighted by molar-refractivity contribution is 5.86. The molecule has 6 nitrogen and oxygen atoms in total. The quantitative estimate of drug-likeness (QED) is 0.759. The fraction of sp³-hybridized carbons (Fsp3) is 0.316. The van der Waals surface area contributed by atoms with Crippen molar-refractivity contribution in [1.29, 1.82) is 0 Å². The Kier molecular flexibility index (Phi) is 7.08. The van der Waals surface area contributed by atoms with Gasteiger partial charge in [0.05, 0.1) is 0 Å². The minimum Gasteiger partial charge on any atom is -0.436 e. The van der Waals surface area contributed by atoms with E-state index in [0.29, 0.717) is 12.0 Å². The van der Waals surface area contributed by atoms with Gasteiger partial charge >= 0.3 is 0 Å². The first kappa shape index (κ1) is 19.4. The fourth-order valence-electron chi connectivity index (χ4n) is 2.39. The molecule has 0 saturated carbocycles. The van der Waals surface area contributed by atoms with Gasteiger partial charge in [-0.25, -0.2) is 9.37 Å². The van der Waals surface area contributed by atoms with E-state index in [2.05, 4.69) is 15.6 Å². The third-order valence-corrected chi connectivity index (χ3v) is 3.62. The van der Waals surface area contributed by atoms with Crippen LogP contribution in [0, 0.1) is 5.82 Å². The zero-order valence-corrected chi connectivity index (χ0v) is 14.8. The van der Waals surface area contributed by atoms with Gasteiger partial charge in [0.2, 0.25) is 17.7 Å². The van der Waals surface area contributed by atoms with E-state index in [4.69, 9.17) is 4.74 Å². The van der Waals surface area contributed by atoms with Gasteiger partial charge in [-0.2, -0.15) is 0 Å². The summed E-state index contributed by atoms with van der Waals surface area (Å²) in [4.78, 5) is 27.7. The molecule has 2 N–H and O–H groups in total. The van der Waals surface area contributed by atoms with Crippen molar-refractivity contribution in [3.8, 4) is 11.6 Å². The molecule has 0 saturated heterocycles. The van der Waals surface area contributed by atoms with Crippen LogP contribution < -0.4 is 15.4 Å². The molecular formula is C19H22FN3O3. The highest BCUT2D eigenvalue weighted by Crippen LogP contribution is 2.25. The van der Waals surface area contributed by atoms with Gasteiger partial charge in [-0.3, -0.25) is 9.59 Å². The molecule has 0 aliphatic rings. The Morgan fingerprint density at radius 1 is 1.23 bits per heavy atom. The number of hydrogen-bond acceptors (Lipinski definition) is 4. The first-order valence-electron chi connectivity index (χ1n) is 8.42. The summed E-state index contributed by atoms with van der Waals surface area (Å²) in [5.74, 6) is -0.779. The normalized spacial score (nSPS) is 11.5. The number of carbonyl (C=O) groups excluding carboxylic acids is 2. The molecule has 0 bridgehead atoms. The smallest absolute Gasteiger partial charge is 0.242 e. The van der Waals surface area contributed by atoms with Crippen LogP contribution in [0.3, 0.4) is 0 Å². The number of nitrogens with one attached hydrogen (secondary N) is 2. The standard InChI is InChI=1S/C19H22FN3O3/c1-3-7-16(23-13(2)24)18(25)22-12-14-8-6-11-21-19(14)26-17-10-5-4-9-15(17)20/h4-6,8-11,16H,3,7,12H2,1-2H3,(H,22,25)(H,23,24)/t16-/m1/s1. The number of ether oxygens (including phenoxy) is 1. The van der Waals surface area contributed by atoms with Crippen LogP contribution in [0.5, 0.6) is 11.6 Å². The second-order valence-corrected chi connectivity index (χ2v) is 5.76. The van der Waals surface area contributed by atoms with E-state index in [-0.39, 0.29) is 30.0 Å². The average Bonchev–Trinajstić information content (AvgIpc) is 2.62. The SMILES string of the molecule is CCC[C@@H](NC(C)=O)C(=O)NCc1cccnc1Oc1ccccc1F. The second kappa shape index (κ2) is 9.50. The zero-order valence-electron chi connectivity index (χ0n) is 14.8. The molecule has 2 rings (SSSR count). The topological polar surface area (TPSA) is 80.3 Å². The summed E-state index contributed by atoms with van der Waals surface area (Å²) < 4.78 is 19.3. The van der Waals surface area contributed by atoms with Crippen molar-refractivity contribution in [3.05, 3.63) is 54.0 Å². The minimum absolute atomic E-state index is 0.0564. The Morgan fingerprint density at radius 2 is 2.00 bits per heavy atom. The third kappa shape index (κ3) is 5.54. The Labute approximate surface area is 151 Å². The minimum atomic E-state index is -0.592. The van der Waals surface area contributed by atoms with Gasteiger partial charge in [0.25, 0.3) is 0 Å². The van der Waals surface area contributed by atoms with Crippen molar-refractivity contribution in [2.75, 3.05) is 0 Å². The van der Waals surface area contributed by atoms with Crippen molar-refractivity contribution in [3.63, 3.8) is 0 Å². The summed E-state index contributed by atoms with van der Waals surface area (Å²) in [5.41, 5.74) is 0.599. The van der Waals surface area contributed by atoms with Gasteiger partial charge in [-0.15, -0.1) is 0 Å². The van der Waals surface area contributed by atoms with Crippen molar-refractivity contribution in [2.24, 2.45) is 0 Å². The maximum absolute atomic E-state index is 13.8. The van der Waals surface area contributed by atoms with Crippen LogP contribution in [0.1, 0.15) is 32.3 Å². The Balaban J connectivity index is 2.06. The molecule has 7 heteroatoms. The first-order chi connectivity index (χ1) is 12.5. The fourth-order valence-corrected chi connectivity index (χ4v) is 2.39. The lowest BCUT2D eigenvalue weighted by Crippen LogP contribution is -2.45. The molecule has 138 valence electrons. The molecule has 2 amide bonds. The van der Waals surface area contributed by atoms with Crippen LogP contribution in [0.4, 0.5) is 4.39 Å². The zero-order chi connectivity index (χ0) is 18.9. The van der Waals surface area contributed by atoms with Crippen LogP contribution in [-0.4, -0.2) is 22.8 Å². The van der Waals surface area contributed by atoms with Gasteiger partial charge in [0.1, 0.15) is 6.04 Å². The Bertz CT molecular complexity index is 767. The van der Waals surface area contributed by atoms with E-state index >= 15 is 0 Å². The van der Waals surface area contributed by atoms with Crippen molar-refractivity contribution in [1.82, 2.24) is 15.6 Å². The van der Waals surface area contributed by atoms with E-state index < -0.39 is 11.9 Å². The lowest BCUT2D eigenvalue weighted by Gasteiger charge is -2.17. The summed E-state index contributed by atoms with van der Waals surface area (Å²) in [6, 6.07) is 8.86. The number of rotatable bonds is 8. The van der Waals surface area contributed by atoms with Gasteiger partial charge in [0.15, 0.2) is 11.6 Å². The summed E-state index contributed by atoms with van der Waals surface area (Å²) in [5, 5.41) is 5.39. The third-order valence-electron chi connectivity index (χ3n) is 3.62. The van der Waals surface area contributed by atoms with Crippen LogP contribution in [0.15, 0.2) is 42.6 Å².